The van der Waals surface area contributed by atoms with Gasteiger partial charge in [0.05, 0.1) is 5.92 Å². The Bertz CT molecular complexity index is 273. The molecule has 1 fully saturated rings. The molecule has 0 radical (unpaired) electrons. The van der Waals surface area contributed by atoms with Crippen molar-refractivity contribution in [1.82, 2.24) is 0 Å². The van der Waals surface area contributed by atoms with Crippen LogP contribution in [0, 0.1) is 5.92 Å². The van der Waals surface area contributed by atoms with Gasteiger partial charge in [-0.05, 0) is 43.8 Å². The first-order valence-corrected chi connectivity index (χ1v) is 9.45. The van der Waals surface area contributed by atoms with E-state index < -0.39 is 14.3 Å². The van der Waals surface area contributed by atoms with Gasteiger partial charge in [-0.1, -0.05) is 20.8 Å². The van der Waals surface area contributed by atoms with Crippen LogP contribution in [0.25, 0.3) is 0 Å². The number of carbonyl (C=O) groups is 1. The summed E-state index contributed by atoms with van der Waals surface area (Å²) in [7, 11) is -1.69. The maximum atomic E-state index is 10.9. The Kier molecular flexibility index (Phi) is 4.41. The highest BCUT2D eigenvalue weighted by atomic mass is 28.4. The molecular weight excluding hydrogens is 232 g/mol. The minimum atomic E-state index is -1.69. The van der Waals surface area contributed by atoms with Gasteiger partial charge in [0.1, 0.15) is 0 Å². The predicted octanol–water partition coefficient (Wildman–Crippen LogP) is 3.65. The number of hydrogen-bond acceptors (Lipinski definition) is 2. The molecule has 100 valence electrons. The van der Waals surface area contributed by atoms with Crippen molar-refractivity contribution >= 4 is 14.3 Å². The molecule has 0 aromatic carbocycles. The third kappa shape index (κ3) is 3.81. The average molecular weight is 258 g/mol. The fraction of sp³-hybridized carbons (Fsp3) is 0.923. The average Bonchev–Trinajstić information content (AvgIpc) is 2.16. The molecule has 0 aromatic rings. The summed E-state index contributed by atoms with van der Waals surface area (Å²) in [6.07, 6.45) is 3.64. The molecule has 0 saturated heterocycles. The van der Waals surface area contributed by atoms with Gasteiger partial charge in [0, 0.05) is 6.10 Å². The Labute approximate surface area is 106 Å². The molecule has 1 rings (SSSR count). The quantitative estimate of drug-likeness (QED) is 0.786. The lowest BCUT2D eigenvalue weighted by Crippen LogP contribution is -2.45. The molecule has 0 amide bonds. The molecule has 0 spiro atoms. The number of aliphatic carboxylic acids is 1. The van der Waals surface area contributed by atoms with E-state index in [0.717, 1.165) is 25.7 Å². The smallest absolute Gasteiger partial charge is 0.306 e. The van der Waals surface area contributed by atoms with E-state index in [9.17, 15) is 4.79 Å². The fourth-order valence-electron chi connectivity index (χ4n) is 2.02. The monoisotopic (exact) mass is 258 g/mol. The first kappa shape index (κ1) is 14.7. The fourth-order valence-corrected chi connectivity index (χ4v) is 3.44. The number of carboxylic acids is 1. The van der Waals surface area contributed by atoms with Crippen LogP contribution < -0.4 is 0 Å². The summed E-state index contributed by atoms with van der Waals surface area (Å²) >= 11 is 0. The topological polar surface area (TPSA) is 46.5 Å². The molecule has 4 heteroatoms. The Morgan fingerprint density at radius 2 is 1.65 bits per heavy atom. The first-order chi connectivity index (χ1) is 7.63. The standard InChI is InChI=1S/C13H26O3Si/c1-13(2,3)17(4,5)16-11-8-6-10(7-9-11)12(14)15/h10-11H,6-9H2,1-5H3,(H,14,15)/t10-,11-. The van der Waals surface area contributed by atoms with E-state index in [4.69, 9.17) is 9.53 Å². The van der Waals surface area contributed by atoms with Gasteiger partial charge in [-0.25, -0.2) is 0 Å². The zero-order valence-corrected chi connectivity index (χ0v) is 12.7. The highest BCUT2D eigenvalue weighted by Crippen LogP contribution is 2.39. The van der Waals surface area contributed by atoms with Gasteiger partial charge in [-0.15, -0.1) is 0 Å². The second kappa shape index (κ2) is 5.10. The van der Waals surface area contributed by atoms with Crippen LogP contribution in [0.1, 0.15) is 46.5 Å². The summed E-state index contributed by atoms with van der Waals surface area (Å²) < 4.78 is 6.32. The van der Waals surface area contributed by atoms with E-state index in [1.165, 1.54) is 0 Å². The minimum absolute atomic E-state index is 0.144. The second-order valence-corrected chi connectivity index (χ2v) is 11.4. The van der Waals surface area contributed by atoms with Gasteiger partial charge >= 0.3 is 5.97 Å². The maximum absolute atomic E-state index is 10.9. The third-order valence-corrected chi connectivity index (χ3v) is 8.83. The molecule has 1 aliphatic carbocycles. The van der Waals surface area contributed by atoms with Gasteiger partial charge in [0.2, 0.25) is 0 Å². The van der Waals surface area contributed by atoms with E-state index in [1.54, 1.807) is 0 Å². The molecular formula is C13H26O3Si. The number of hydrogen-bond donors (Lipinski definition) is 1. The Hall–Kier alpha value is -0.353. The normalized spacial score (nSPS) is 26.9. The predicted molar refractivity (Wildman–Crippen MR) is 71.7 cm³/mol. The van der Waals surface area contributed by atoms with E-state index in [-0.39, 0.29) is 17.1 Å². The van der Waals surface area contributed by atoms with Crippen molar-refractivity contribution in [3.8, 4) is 0 Å². The molecule has 1 aliphatic rings. The highest BCUT2D eigenvalue weighted by Gasteiger charge is 2.40. The molecule has 0 atom stereocenters. The summed E-state index contributed by atoms with van der Waals surface area (Å²) in [4.78, 5) is 10.9. The van der Waals surface area contributed by atoms with E-state index >= 15 is 0 Å². The van der Waals surface area contributed by atoms with Crippen LogP contribution in [0.3, 0.4) is 0 Å². The molecule has 0 unspecified atom stereocenters. The van der Waals surface area contributed by atoms with Crippen molar-refractivity contribution in [3.05, 3.63) is 0 Å². The van der Waals surface area contributed by atoms with Crippen LogP contribution in [0.5, 0.6) is 0 Å². The third-order valence-electron chi connectivity index (χ3n) is 4.29. The molecule has 0 aliphatic heterocycles. The van der Waals surface area contributed by atoms with Crippen LogP contribution in [-0.4, -0.2) is 25.5 Å². The summed E-state index contributed by atoms with van der Waals surface area (Å²) in [5.74, 6) is -0.787. The van der Waals surface area contributed by atoms with Crippen molar-refractivity contribution in [2.75, 3.05) is 0 Å². The van der Waals surface area contributed by atoms with Gasteiger partial charge in [-0.3, -0.25) is 4.79 Å². The molecule has 17 heavy (non-hydrogen) atoms. The van der Waals surface area contributed by atoms with Gasteiger partial charge in [-0.2, -0.15) is 0 Å². The molecule has 1 N–H and O–H groups in total. The summed E-state index contributed by atoms with van der Waals surface area (Å²) in [5.41, 5.74) is 0. The molecule has 0 heterocycles. The van der Waals surface area contributed by atoms with Crippen molar-refractivity contribution in [2.24, 2.45) is 5.92 Å². The second-order valence-electron chi connectivity index (χ2n) is 6.69. The first-order valence-electron chi connectivity index (χ1n) is 6.54. The van der Waals surface area contributed by atoms with Crippen LogP contribution in [-0.2, 0) is 9.22 Å². The minimum Gasteiger partial charge on any atom is -0.481 e. The summed E-state index contributed by atoms with van der Waals surface area (Å²) in [6, 6.07) is 0. The van der Waals surface area contributed by atoms with Gasteiger partial charge in [0.15, 0.2) is 8.32 Å². The van der Waals surface area contributed by atoms with Crippen LogP contribution in [0.2, 0.25) is 18.1 Å². The van der Waals surface area contributed by atoms with Crippen LogP contribution >= 0.6 is 0 Å². The Morgan fingerprint density at radius 1 is 1.18 bits per heavy atom. The Balaban J connectivity index is 2.48. The lowest BCUT2D eigenvalue weighted by atomic mass is 9.88. The summed E-state index contributed by atoms with van der Waals surface area (Å²) in [5, 5.41) is 9.19. The van der Waals surface area contributed by atoms with Crippen molar-refractivity contribution in [2.45, 2.75) is 70.7 Å². The number of carboxylic acid groups (broad SMARTS) is 1. The van der Waals surface area contributed by atoms with Crippen LogP contribution in [0.15, 0.2) is 0 Å². The van der Waals surface area contributed by atoms with Crippen LogP contribution in [0.4, 0.5) is 0 Å². The van der Waals surface area contributed by atoms with Crippen molar-refractivity contribution in [1.29, 1.82) is 0 Å². The summed E-state index contributed by atoms with van der Waals surface area (Å²) in [6.45, 7) is 11.2. The molecule has 1 saturated carbocycles. The zero-order valence-electron chi connectivity index (χ0n) is 11.7. The van der Waals surface area contributed by atoms with E-state index in [2.05, 4.69) is 33.9 Å². The van der Waals surface area contributed by atoms with Gasteiger partial charge in [0.25, 0.3) is 0 Å². The molecule has 0 aromatic heterocycles. The molecule has 0 bridgehead atoms. The lowest BCUT2D eigenvalue weighted by Gasteiger charge is -2.40. The van der Waals surface area contributed by atoms with E-state index in [1.807, 2.05) is 0 Å². The zero-order chi connectivity index (χ0) is 13.3. The largest absolute Gasteiger partial charge is 0.481 e. The number of rotatable bonds is 3. The SMILES string of the molecule is CC(C)(C)[Si](C)(C)O[C@H]1CC[C@H](C(=O)O)CC1. The van der Waals surface area contributed by atoms with Crippen molar-refractivity contribution in [3.63, 3.8) is 0 Å². The Morgan fingerprint density at radius 3 is 2.00 bits per heavy atom. The van der Waals surface area contributed by atoms with E-state index in [0.29, 0.717) is 0 Å². The maximum Gasteiger partial charge on any atom is 0.306 e. The van der Waals surface area contributed by atoms with Gasteiger partial charge < -0.3 is 9.53 Å². The van der Waals surface area contributed by atoms with Crippen molar-refractivity contribution < 1.29 is 14.3 Å². The molecule has 3 nitrogen and oxygen atoms in total. The lowest BCUT2D eigenvalue weighted by molar-refractivity contribution is -0.143. The highest BCUT2D eigenvalue weighted by molar-refractivity contribution is 6.74.